The molecule has 0 aliphatic carbocycles. The molecule has 2 N–H and O–H groups in total. The lowest BCUT2D eigenvalue weighted by Gasteiger charge is -2.23. The average molecular weight is 290 g/mol. The van der Waals surface area contributed by atoms with Gasteiger partial charge in [-0.1, -0.05) is 39.8 Å². The normalized spacial score (nSPS) is 14.2. The maximum Gasteiger partial charge on any atom is 0.202 e. The van der Waals surface area contributed by atoms with E-state index in [4.69, 9.17) is 24.4 Å². The summed E-state index contributed by atoms with van der Waals surface area (Å²) >= 11 is 0. The van der Waals surface area contributed by atoms with Gasteiger partial charge in [-0.05, 0) is 6.92 Å². The Morgan fingerprint density at radius 2 is 1.35 bits per heavy atom. The molecule has 0 aromatic rings. The smallest absolute Gasteiger partial charge is 0.202 e. The van der Waals surface area contributed by atoms with Crippen LogP contribution in [0.3, 0.4) is 0 Å². The zero-order valence-electron chi connectivity index (χ0n) is 13.0. The van der Waals surface area contributed by atoms with Gasteiger partial charge in [0.05, 0.1) is 25.2 Å². The lowest BCUT2D eigenvalue weighted by Crippen LogP contribution is -2.24. The topological polar surface area (TPSA) is 68.2 Å². The van der Waals surface area contributed by atoms with E-state index in [1.54, 1.807) is 0 Å². The van der Waals surface area contributed by atoms with Crippen molar-refractivity contribution in [2.75, 3.05) is 6.61 Å². The van der Waals surface area contributed by atoms with Crippen LogP contribution >= 0.6 is 0 Å². The van der Waals surface area contributed by atoms with Crippen molar-refractivity contribution in [3.63, 3.8) is 0 Å². The molecule has 0 fully saturated rings. The lowest BCUT2D eigenvalue weighted by atomic mass is 10.3. The molecular formula is C15H30O5. The first kappa shape index (κ1) is 21.3. The molecule has 0 amide bonds. The Kier molecular flexibility index (Phi) is 17.0. The molecule has 0 aromatic carbocycles. The highest BCUT2D eigenvalue weighted by Crippen LogP contribution is 2.12. The van der Waals surface area contributed by atoms with Gasteiger partial charge < -0.3 is 24.4 Å². The maximum absolute atomic E-state index is 8.11. The van der Waals surface area contributed by atoms with Gasteiger partial charge in [0.25, 0.3) is 0 Å². The summed E-state index contributed by atoms with van der Waals surface area (Å²) < 4.78 is 16.1. The molecule has 20 heavy (non-hydrogen) atoms. The van der Waals surface area contributed by atoms with E-state index in [1.807, 2.05) is 0 Å². The van der Waals surface area contributed by atoms with Crippen LogP contribution in [-0.4, -0.2) is 35.5 Å². The van der Waals surface area contributed by atoms with Gasteiger partial charge in [-0.15, -0.1) is 0 Å². The van der Waals surface area contributed by atoms with Crippen LogP contribution in [-0.2, 0) is 14.2 Å². The standard InChI is InChI=1S/C12H22O3.C3H8O2/c1-5-9-11(13-7-3)15-12(10-6-2)14-8-4;1-3(5)2-4/h7-8,11-12H,3-6,9-10H2,1-2H3;3-5H,2H2,1H3. The number of aliphatic hydroxyl groups excluding tert-OH is 2. The van der Waals surface area contributed by atoms with Gasteiger partial charge >= 0.3 is 0 Å². The van der Waals surface area contributed by atoms with Gasteiger partial charge in [0.2, 0.25) is 12.6 Å². The number of ether oxygens (including phenoxy) is 3. The van der Waals surface area contributed by atoms with Crippen LogP contribution < -0.4 is 0 Å². The van der Waals surface area contributed by atoms with E-state index in [0.717, 1.165) is 25.7 Å². The predicted molar refractivity (Wildman–Crippen MR) is 79.8 cm³/mol. The van der Waals surface area contributed by atoms with Gasteiger partial charge in [0.1, 0.15) is 0 Å². The highest BCUT2D eigenvalue weighted by molar-refractivity contribution is 4.58. The van der Waals surface area contributed by atoms with Gasteiger partial charge in [-0.3, -0.25) is 0 Å². The van der Waals surface area contributed by atoms with E-state index in [-0.39, 0.29) is 19.2 Å². The van der Waals surface area contributed by atoms with Crippen LogP contribution in [0, 0.1) is 0 Å². The van der Waals surface area contributed by atoms with Crippen molar-refractivity contribution in [2.45, 2.75) is 65.1 Å². The average Bonchev–Trinajstić information content (AvgIpc) is 2.40. The minimum atomic E-state index is -0.560. The largest absolute Gasteiger partial charge is 0.473 e. The summed E-state index contributed by atoms with van der Waals surface area (Å²) in [5.41, 5.74) is 0. The van der Waals surface area contributed by atoms with Gasteiger partial charge in [-0.25, -0.2) is 0 Å². The van der Waals surface area contributed by atoms with Crippen molar-refractivity contribution in [3.05, 3.63) is 25.7 Å². The Hall–Kier alpha value is -1.04. The second-order valence-corrected chi connectivity index (χ2v) is 4.21. The fourth-order valence-electron chi connectivity index (χ4n) is 1.19. The molecule has 5 nitrogen and oxygen atoms in total. The van der Waals surface area contributed by atoms with E-state index in [2.05, 4.69) is 27.0 Å². The molecular weight excluding hydrogens is 260 g/mol. The summed E-state index contributed by atoms with van der Waals surface area (Å²) in [6.07, 6.45) is 5.33. The summed E-state index contributed by atoms with van der Waals surface area (Å²) in [6, 6.07) is 0. The first-order valence-corrected chi connectivity index (χ1v) is 7.02. The van der Waals surface area contributed by atoms with Crippen molar-refractivity contribution in [2.24, 2.45) is 0 Å². The number of hydrogen-bond donors (Lipinski definition) is 2. The first-order valence-electron chi connectivity index (χ1n) is 7.02. The molecule has 0 aliphatic rings. The SMILES string of the molecule is C=COC(CCC)OC(CCC)OC=C.CC(O)CO. The molecule has 0 saturated carbocycles. The second-order valence-electron chi connectivity index (χ2n) is 4.21. The highest BCUT2D eigenvalue weighted by Gasteiger charge is 2.15. The second kappa shape index (κ2) is 16.0. The quantitative estimate of drug-likeness (QED) is 0.452. The zero-order chi connectivity index (χ0) is 15.8. The number of rotatable bonds is 11. The summed E-state index contributed by atoms with van der Waals surface area (Å²) in [5, 5.41) is 16.0. The summed E-state index contributed by atoms with van der Waals surface area (Å²) in [5.74, 6) is 0. The minimum Gasteiger partial charge on any atom is -0.473 e. The maximum atomic E-state index is 8.11. The molecule has 5 heteroatoms. The molecule has 0 aromatic heterocycles. The fraction of sp³-hybridized carbons (Fsp3) is 0.733. The summed E-state index contributed by atoms with van der Waals surface area (Å²) in [7, 11) is 0. The number of aliphatic hydroxyl groups is 2. The molecule has 0 aliphatic heterocycles. The van der Waals surface area contributed by atoms with E-state index < -0.39 is 6.10 Å². The molecule has 0 spiro atoms. The van der Waals surface area contributed by atoms with Crippen LogP contribution in [0.1, 0.15) is 46.5 Å². The Labute approximate surface area is 122 Å². The van der Waals surface area contributed by atoms with Gasteiger partial charge in [-0.2, -0.15) is 0 Å². The summed E-state index contributed by atoms with van der Waals surface area (Å²) in [4.78, 5) is 0. The third kappa shape index (κ3) is 15.0. The van der Waals surface area contributed by atoms with Crippen LogP contribution in [0.2, 0.25) is 0 Å². The first-order chi connectivity index (χ1) is 9.55. The van der Waals surface area contributed by atoms with Crippen molar-refractivity contribution in [3.8, 4) is 0 Å². The van der Waals surface area contributed by atoms with E-state index >= 15 is 0 Å². The van der Waals surface area contributed by atoms with Crippen LogP contribution in [0.15, 0.2) is 25.7 Å². The monoisotopic (exact) mass is 290 g/mol. The molecule has 0 saturated heterocycles. The van der Waals surface area contributed by atoms with Crippen molar-refractivity contribution in [1.29, 1.82) is 0 Å². The third-order valence-electron chi connectivity index (χ3n) is 2.11. The Morgan fingerprint density at radius 1 is 1.00 bits per heavy atom. The van der Waals surface area contributed by atoms with Crippen molar-refractivity contribution in [1.82, 2.24) is 0 Å². The van der Waals surface area contributed by atoms with Crippen LogP contribution in [0.4, 0.5) is 0 Å². The fourth-order valence-corrected chi connectivity index (χ4v) is 1.19. The Balaban J connectivity index is 0. The van der Waals surface area contributed by atoms with E-state index in [9.17, 15) is 0 Å². The Bertz CT molecular complexity index is 200. The lowest BCUT2D eigenvalue weighted by molar-refractivity contribution is -0.216. The minimum absolute atomic E-state index is 0.139. The van der Waals surface area contributed by atoms with Gasteiger partial charge in [0, 0.05) is 12.8 Å². The molecule has 3 unspecified atom stereocenters. The van der Waals surface area contributed by atoms with E-state index in [1.165, 1.54) is 19.4 Å². The summed E-state index contributed by atoms with van der Waals surface area (Å²) in [6.45, 7) is 12.6. The van der Waals surface area contributed by atoms with Crippen LogP contribution in [0.5, 0.6) is 0 Å². The molecule has 120 valence electrons. The molecule has 0 radical (unpaired) electrons. The third-order valence-corrected chi connectivity index (χ3v) is 2.11. The molecule has 0 bridgehead atoms. The molecule has 0 rings (SSSR count). The molecule has 0 heterocycles. The highest BCUT2D eigenvalue weighted by atomic mass is 16.8. The predicted octanol–water partition coefficient (Wildman–Crippen LogP) is 2.94. The Morgan fingerprint density at radius 3 is 1.55 bits per heavy atom. The zero-order valence-corrected chi connectivity index (χ0v) is 13.0. The van der Waals surface area contributed by atoms with E-state index in [0.29, 0.717) is 0 Å². The number of hydrogen-bond acceptors (Lipinski definition) is 5. The van der Waals surface area contributed by atoms with Crippen molar-refractivity contribution < 1.29 is 24.4 Å². The van der Waals surface area contributed by atoms with Gasteiger partial charge in [0.15, 0.2) is 0 Å². The van der Waals surface area contributed by atoms with Crippen LogP contribution in [0.25, 0.3) is 0 Å². The molecule has 3 atom stereocenters. The van der Waals surface area contributed by atoms with Crippen molar-refractivity contribution >= 4 is 0 Å².